The lowest BCUT2D eigenvalue weighted by molar-refractivity contribution is 0.141. The van der Waals surface area contributed by atoms with Gasteiger partial charge in [0.25, 0.3) is 0 Å². The van der Waals surface area contributed by atoms with E-state index in [0.717, 1.165) is 24.5 Å². The van der Waals surface area contributed by atoms with E-state index < -0.39 is 0 Å². The lowest BCUT2D eigenvalue weighted by Crippen LogP contribution is -2.54. The number of rotatable bonds is 4. The molecule has 1 atom stereocenters. The van der Waals surface area contributed by atoms with E-state index in [2.05, 4.69) is 5.32 Å². The van der Waals surface area contributed by atoms with Gasteiger partial charge in [-0.3, -0.25) is 0 Å². The van der Waals surface area contributed by atoms with E-state index in [9.17, 15) is 4.79 Å². The minimum atomic E-state index is -0.151. The van der Waals surface area contributed by atoms with Gasteiger partial charge in [0.05, 0.1) is 12.6 Å². The number of halogens is 1. The zero-order valence-electron chi connectivity index (χ0n) is 11.0. The highest BCUT2D eigenvalue weighted by molar-refractivity contribution is 6.30. The van der Waals surface area contributed by atoms with Crippen LogP contribution in [-0.4, -0.2) is 41.8 Å². The van der Waals surface area contributed by atoms with Crippen molar-refractivity contribution in [2.24, 2.45) is 0 Å². The van der Waals surface area contributed by atoms with Crippen molar-refractivity contribution in [3.05, 3.63) is 34.9 Å². The predicted molar refractivity (Wildman–Crippen MR) is 75.5 cm³/mol. The van der Waals surface area contributed by atoms with Gasteiger partial charge in [0, 0.05) is 24.0 Å². The molecule has 1 saturated heterocycles. The molecule has 0 radical (unpaired) electrons. The van der Waals surface area contributed by atoms with Crippen LogP contribution in [0.25, 0.3) is 0 Å². The minimum Gasteiger partial charge on any atom is -0.394 e. The molecule has 1 aromatic carbocycles. The number of nitrogens with one attached hydrogen (secondary N) is 1. The first-order valence-corrected chi connectivity index (χ1v) is 6.93. The first kappa shape index (κ1) is 14.2. The Kier molecular flexibility index (Phi) is 4.66. The van der Waals surface area contributed by atoms with Crippen molar-refractivity contribution in [3.8, 4) is 0 Å². The van der Waals surface area contributed by atoms with Crippen molar-refractivity contribution in [2.45, 2.75) is 25.3 Å². The molecule has 1 aliphatic heterocycles. The van der Waals surface area contributed by atoms with Crippen molar-refractivity contribution in [1.82, 2.24) is 10.2 Å². The number of amides is 2. The average molecular weight is 283 g/mol. The van der Waals surface area contributed by atoms with Gasteiger partial charge in [-0.05, 0) is 24.1 Å². The molecule has 0 aliphatic carbocycles. The minimum absolute atomic E-state index is 0.0172. The smallest absolute Gasteiger partial charge is 0.317 e. The molecular weight excluding hydrogens is 264 g/mol. The second-order valence-corrected chi connectivity index (χ2v) is 5.33. The number of benzene rings is 1. The van der Waals surface area contributed by atoms with E-state index in [1.807, 2.05) is 31.2 Å². The maximum Gasteiger partial charge on any atom is 0.317 e. The van der Waals surface area contributed by atoms with Crippen LogP contribution in [0.2, 0.25) is 5.02 Å². The van der Waals surface area contributed by atoms with E-state index in [1.54, 1.807) is 4.90 Å². The number of likely N-dealkylation sites (tertiary alicyclic amines) is 1. The first-order chi connectivity index (χ1) is 9.13. The fourth-order valence-corrected chi connectivity index (χ4v) is 2.26. The molecule has 2 amide bonds. The molecule has 0 aromatic heterocycles. The van der Waals surface area contributed by atoms with Gasteiger partial charge < -0.3 is 15.3 Å². The van der Waals surface area contributed by atoms with Crippen LogP contribution in [0.1, 0.15) is 24.8 Å². The maximum atomic E-state index is 11.9. The molecule has 1 unspecified atom stereocenters. The third-order valence-electron chi connectivity index (χ3n) is 3.55. The second-order valence-electron chi connectivity index (χ2n) is 4.89. The molecule has 104 valence electrons. The number of aliphatic hydroxyl groups is 1. The van der Waals surface area contributed by atoms with Crippen LogP contribution in [0.3, 0.4) is 0 Å². The molecule has 1 fully saturated rings. The van der Waals surface area contributed by atoms with Crippen LogP contribution in [0.5, 0.6) is 0 Å². The number of hydrogen-bond donors (Lipinski definition) is 2. The topological polar surface area (TPSA) is 52.6 Å². The Balaban J connectivity index is 1.82. The Labute approximate surface area is 118 Å². The average Bonchev–Trinajstić information content (AvgIpc) is 2.36. The summed E-state index contributed by atoms with van der Waals surface area (Å²) in [5.41, 5.74) is 1.21. The third-order valence-corrected chi connectivity index (χ3v) is 3.80. The molecule has 0 saturated carbocycles. The summed E-state index contributed by atoms with van der Waals surface area (Å²) >= 11 is 5.85. The summed E-state index contributed by atoms with van der Waals surface area (Å²) in [6.07, 6.45) is 0.733. The number of carbonyl (C=O) groups excluding carboxylic acids is 1. The largest absolute Gasteiger partial charge is 0.394 e. The summed E-state index contributed by atoms with van der Waals surface area (Å²) in [4.78, 5) is 13.6. The van der Waals surface area contributed by atoms with Gasteiger partial charge in [0.15, 0.2) is 0 Å². The fourth-order valence-electron chi connectivity index (χ4n) is 2.13. The number of carbonyl (C=O) groups is 1. The van der Waals surface area contributed by atoms with Crippen LogP contribution in [0.15, 0.2) is 24.3 Å². The normalized spacial score (nSPS) is 16.9. The van der Waals surface area contributed by atoms with Gasteiger partial charge in [0.1, 0.15) is 0 Å². The number of nitrogens with zero attached hydrogens (tertiary/aromatic N) is 1. The van der Waals surface area contributed by atoms with Gasteiger partial charge in [-0.1, -0.05) is 30.7 Å². The van der Waals surface area contributed by atoms with E-state index in [0.29, 0.717) is 5.92 Å². The Bertz CT molecular complexity index is 426. The molecule has 2 N–H and O–H groups in total. The molecule has 19 heavy (non-hydrogen) atoms. The molecule has 0 bridgehead atoms. The zero-order chi connectivity index (χ0) is 13.8. The van der Waals surface area contributed by atoms with Crippen molar-refractivity contribution < 1.29 is 9.90 Å². The third kappa shape index (κ3) is 3.39. The van der Waals surface area contributed by atoms with Gasteiger partial charge in [0.2, 0.25) is 0 Å². The quantitative estimate of drug-likeness (QED) is 0.890. The second kappa shape index (κ2) is 6.26. The number of urea groups is 1. The summed E-state index contributed by atoms with van der Waals surface area (Å²) in [5.74, 6) is 0.386. The van der Waals surface area contributed by atoms with Gasteiger partial charge in [-0.25, -0.2) is 4.79 Å². The highest BCUT2D eigenvalue weighted by Crippen LogP contribution is 2.27. The van der Waals surface area contributed by atoms with E-state index >= 15 is 0 Å². The van der Waals surface area contributed by atoms with Crippen LogP contribution in [0.4, 0.5) is 4.79 Å². The standard InChI is InChI=1S/C14H19ClN2O2/c1-2-13(9-18)16-14(19)17-7-11(8-17)10-3-5-12(15)6-4-10/h3-6,11,13,18H,2,7-9H2,1H3,(H,16,19). The van der Waals surface area contributed by atoms with E-state index in [4.69, 9.17) is 16.7 Å². The Hall–Kier alpha value is -1.26. The SMILES string of the molecule is CCC(CO)NC(=O)N1CC(c2ccc(Cl)cc2)C1. The Morgan fingerprint density at radius 2 is 2.11 bits per heavy atom. The molecule has 2 rings (SSSR count). The molecular formula is C14H19ClN2O2. The fraction of sp³-hybridized carbons (Fsp3) is 0.500. The van der Waals surface area contributed by atoms with Crippen molar-refractivity contribution in [2.75, 3.05) is 19.7 Å². The van der Waals surface area contributed by atoms with Crippen LogP contribution >= 0.6 is 11.6 Å². The summed E-state index contributed by atoms with van der Waals surface area (Å²) in [6.45, 7) is 3.36. The summed E-state index contributed by atoms with van der Waals surface area (Å²) in [7, 11) is 0. The van der Waals surface area contributed by atoms with E-state index in [-0.39, 0.29) is 18.7 Å². The van der Waals surface area contributed by atoms with Crippen LogP contribution in [0, 0.1) is 0 Å². The lowest BCUT2D eigenvalue weighted by Gasteiger charge is -2.40. The van der Waals surface area contributed by atoms with Gasteiger partial charge in [-0.2, -0.15) is 0 Å². The van der Waals surface area contributed by atoms with Gasteiger partial charge >= 0.3 is 6.03 Å². The van der Waals surface area contributed by atoms with Crippen molar-refractivity contribution in [3.63, 3.8) is 0 Å². The molecule has 0 spiro atoms. The molecule has 5 heteroatoms. The lowest BCUT2D eigenvalue weighted by atomic mass is 9.92. The number of hydrogen-bond acceptors (Lipinski definition) is 2. The Morgan fingerprint density at radius 1 is 1.47 bits per heavy atom. The summed E-state index contributed by atoms with van der Waals surface area (Å²) in [5, 5.41) is 12.6. The summed E-state index contributed by atoms with van der Waals surface area (Å²) in [6, 6.07) is 7.51. The van der Waals surface area contributed by atoms with Crippen LogP contribution in [-0.2, 0) is 0 Å². The van der Waals surface area contributed by atoms with Crippen LogP contribution < -0.4 is 5.32 Å². The van der Waals surface area contributed by atoms with Gasteiger partial charge in [-0.15, -0.1) is 0 Å². The van der Waals surface area contributed by atoms with E-state index in [1.165, 1.54) is 5.56 Å². The van der Waals surface area contributed by atoms with Crippen molar-refractivity contribution >= 4 is 17.6 Å². The zero-order valence-corrected chi connectivity index (χ0v) is 11.7. The highest BCUT2D eigenvalue weighted by Gasteiger charge is 2.32. The Morgan fingerprint density at radius 3 is 2.63 bits per heavy atom. The molecule has 1 aliphatic rings. The highest BCUT2D eigenvalue weighted by atomic mass is 35.5. The molecule has 4 nitrogen and oxygen atoms in total. The molecule has 1 heterocycles. The monoisotopic (exact) mass is 282 g/mol. The number of aliphatic hydroxyl groups excluding tert-OH is 1. The predicted octanol–water partition coefficient (Wildman–Crippen LogP) is 2.22. The first-order valence-electron chi connectivity index (χ1n) is 6.55. The molecule has 1 aromatic rings. The van der Waals surface area contributed by atoms with Crippen molar-refractivity contribution in [1.29, 1.82) is 0 Å². The maximum absolute atomic E-state index is 11.9. The summed E-state index contributed by atoms with van der Waals surface area (Å²) < 4.78 is 0.